The highest BCUT2D eigenvalue weighted by molar-refractivity contribution is 5.66. The van der Waals surface area contributed by atoms with Gasteiger partial charge >= 0.3 is 5.97 Å². The summed E-state index contributed by atoms with van der Waals surface area (Å²) in [5.41, 5.74) is 1.24. The fourth-order valence-electron chi connectivity index (χ4n) is 1.79. The maximum absolute atomic E-state index is 10.4. The summed E-state index contributed by atoms with van der Waals surface area (Å²) in [6.07, 6.45) is 0.671. The van der Waals surface area contributed by atoms with E-state index in [0.29, 0.717) is 24.2 Å². The van der Waals surface area contributed by atoms with Crippen molar-refractivity contribution in [3.05, 3.63) is 11.3 Å². The monoisotopic (exact) mass is 236 g/mol. The third-order valence-corrected chi connectivity index (χ3v) is 2.55. The predicted octanol–water partition coefficient (Wildman–Crippen LogP) is 0.901. The van der Waals surface area contributed by atoms with Crippen molar-refractivity contribution in [2.75, 3.05) is 18.5 Å². The van der Waals surface area contributed by atoms with Crippen LogP contribution in [0, 0.1) is 18.3 Å². The maximum atomic E-state index is 10.4. The molecule has 0 spiro atoms. The third-order valence-electron chi connectivity index (χ3n) is 2.55. The van der Waals surface area contributed by atoms with Crippen LogP contribution < -0.4 is 4.90 Å². The molecule has 0 saturated heterocycles. The predicted molar refractivity (Wildman–Crippen MR) is 62.8 cm³/mol. The molecule has 1 heterocycles. The van der Waals surface area contributed by atoms with E-state index in [-0.39, 0.29) is 6.42 Å². The summed E-state index contributed by atoms with van der Waals surface area (Å²) in [6.45, 7) is 2.37. The number of nitrogens with zero attached hydrogens (tertiary/aromatic N) is 4. The maximum Gasteiger partial charge on any atom is 0.303 e. The van der Waals surface area contributed by atoms with Crippen molar-refractivity contribution in [1.82, 2.24) is 9.78 Å². The number of carboxylic acids is 1. The third kappa shape index (κ3) is 2.97. The molecule has 0 fully saturated rings. The molecule has 0 atom stereocenters. The van der Waals surface area contributed by atoms with Gasteiger partial charge in [-0.15, -0.1) is 0 Å². The first-order valence-corrected chi connectivity index (χ1v) is 5.34. The fourth-order valence-corrected chi connectivity index (χ4v) is 1.79. The zero-order chi connectivity index (χ0) is 13.0. The summed E-state index contributed by atoms with van der Waals surface area (Å²) in [7, 11) is 3.61. The van der Waals surface area contributed by atoms with Crippen molar-refractivity contribution in [2.24, 2.45) is 7.05 Å². The van der Waals surface area contributed by atoms with Gasteiger partial charge in [0.05, 0.1) is 5.69 Å². The largest absolute Gasteiger partial charge is 0.481 e. The van der Waals surface area contributed by atoms with Crippen molar-refractivity contribution in [2.45, 2.75) is 19.8 Å². The van der Waals surface area contributed by atoms with Crippen LogP contribution in [0.5, 0.6) is 0 Å². The number of carbonyl (C=O) groups is 1. The highest BCUT2D eigenvalue weighted by Gasteiger charge is 2.16. The molecule has 0 saturated carbocycles. The Labute approximate surface area is 100 Å². The second-order valence-corrected chi connectivity index (χ2v) is 3.94. The first-order chi connectivity index (χ1) is 7.97. The summed E-state index contributed by atoms with van der Waals surface area (Å²) in [5, 5.41) is 21.8. The molecule has 0 aliphatic carbocycles. The molecule has 1 rings (SSSR count). The van der Waals surface area contributed by atoms with Crippen molar-refractivity contribution < 1.29 is 9.90 Å². The molecule has 0 radical (unpaired) electrons. The van der Waals surface area contributed by atoms with E-state index in [1.54, 1.807) is 18.7 Å². The minimum absolute atomic E-state index is 0.128. The van der Waals surface area contributed by atoms with Crippen LogP contribution in [-0.2, 0) is 11.8 Å². The molecule has 0 aromatic carbocycles. The van der Waals surface area contributed by atoms with Crippen LogP contribution >= 0.6 is 0 Å². The standard InChI is InChI=1S/C11H16N4O2/c1-8-9(7-12)11(15(3)13-8)14(2)6-4-5-10(16)17/h4-6H2,1-3H3,(H,16,17). The van der Waals surface area contributed by atoms with Crippen LogP contribution in [0.3, 0.4) is 0 Å². The molecular weight excluding hydrogens is 220 g/mol. The number of anilines is 1. The van der Waals surface area contributed by atoms with Gasteiger partial charge in [0.15, 0.2) is 0 Å². The van der Waals surface area contributed by atoms with Crippen LogP contribution in [0.15, 0.2) is 0 Å². The average molecular weight is 236 g/mol. The van der Waals surface area contributed by atoms with Crippen molar-refractivity contribution in [3.8, 4) is 6.07 Å². The summed E-state index contributed by atoms with van der Waals surface area (Å²) < 4.78 is 1.65. The van der Waals surface area contributed by atoms with Gasteiger partial charge in [0.1, 0.15) is 17.5 Å². The van der Waals surface area contributed by atoms with Gasteiger partial charge in [0, 0.05) is 27.1 Å². The number of hydrogen-bond acceptors (Lipinski definition) is 4. The Hall–Kier alpha value is -2.03. The molecular formula is C11H16N4O2. The molecule has 17 heavy (non-hydrogen) atoms. The van der Waals surface area contributed by atoms with E-state index in [4.69, 9.17) is 10.4 Å². The SMILES string of the molecule is Cc1nn(C)c(N(C)CCCC(=O)O)c1C#N. The molecule has 1 aromatic rings. The lowest BCUT2D eigenvalue weighted by Crippen LogP contribution is -2.22. The summed E-state index contributed by atoms with van der Waals surface area (Å²) in [5.74, 6) is -0.0736. The fraction of sp³-hybridized carbons (Fsp3) is 0.545. The van der Waals surface area contributed by atoms with Crippen LogP contribution in [0.2, 0.25) is 0 Å². The number of aryl methyl sites for hydroxylation is 2. The number of aliphatic carboxylic acids is 1. The first-order valence-electron chi connectivity index (χ1n) is 5.34. The van der Waals surface area contributed by atoms with E-state index in [2.05, 4.69) is 11.2 Å². The van der Waals surface area contributed by atoms with Crippen molar-refractivity contribution in [3.63, 3.8) is 0 Å². The molecule has 0 bridgehead atoms. The highest BCUT2D eigenvalue weighted by Crippen LogP contribution is 2.21. The summed E-state index contributed by atoms with van der Waals surface area (Å²) >= 11 is 0. The van der Waals surface area contributed by atoms with Gasteiger partial charge < -0.3 is 10.0 Å². The number of rotatable bonds is 5. The first kappa shape index (κ1) is 13.0. The van der Waals surface area contributed by atoms with Gasteiger partial charge in [-0.3, -0.25) is 9.48 Å². The number of aromatic nitrogens is 2. The van der Waals surface area contributed by atoms with E-state index in [1.807, 2.05) is 11.9 Å². The topological polar surface area (TPSA) is 82.2 Å². The molecule has 6 nitrogen and oxygen atoms in total. The van der Waals surface area contributed by atoms with Gasteiger partial charge in [-0.2, -0.15) is 10.4 Å². The van der Waals surface area contributed by atoms with Gasteiger partial charge in [-0.1, -0.05) is 0 Å². The van der Waals surface area contributed by atoms with Gasteiger partial charge in [-0.05, 0) is 13.3 Å². The van der Waals surface area contributed by atoms with Crippen LogP contribution in [0.4, 0.5) is 5.82 Å². The van der Waals surface area contributed by atoms with E-state index < -0.39 is 5.97 Å². The Morgan fingerprint density at radius 1 is 1.65 bits per heavy atom. The lowest BCUT2D eigenvalue weighted by Gasteiger charge is -2.18. The minimum Gasteiger partial charge on any atom is -0.481 e. The van der Waals surface area contributed by atoms with Crippen LogP contribution in [-0.4, -0.2) is 34.4 Å². The Morgan fingerprint density at radius 3 is 2.82 bits per heavy atom. The van der Waals surface area contributed by atoms with E-state index >= 15 is 0 Å². The lowest BCUT2D eigenvalue weighted by molar-refractivity contribution is -0.137. The molecule has 0 aliphatic rings. The molecule has 0 amide bonds. The Kier molecular flexibility index (Phi) is 4.10. The van der Waals surface area contributed by atoms with Crippen LogP contribution in [0.25, 0.3) is 0 Å². The smallest absolute Gasteiger partial charge is 0.303 e. The van der Waals surface area contributed by atoms with Gasteiger partial charge in [0.25, 0.3) is 0 Å². The van der Waals surface area contributed by atoms with E-state index in [9.17, 15) is 4.79 Å². The van der Waals surface area contributed by atoms with Crippen molar-refractivity contribution in [1.29, 1.82) is 5.26 Å². The lowest BCUT2D eigenvalue weighted by atomic mass is 10.2. The quantitative estimate of drug-likeness (QED) is 0.821. The molecule has 92 valence electrons. The van der Waals surface area contributed by atoms with Crippen LogP contribution in [0.1, 0.15) is 24.1 Å². The number of carboxylic acid groups (broad SMARTS) is 1. The molecule has 0 aliphatic heterocycles. The minimum atomic E-state index is -0.805. The van der Waals surface area contributed by atoms with Crippen molar-refractivity contribution >= 4 is 11.8 Å². The Bertz CT molecular complexity index is 459. The average Bonchev–Trinajstić information content (AvgIpc) is 2.52. The Morgan fingerprint density at radius 2 is 2.29 bits per heavy atom. The van der Waals surface area contributed by atoms with Gasteiger partial charge in [0.2, 0.25) is 0 Å². The Balaban J connectivity index is 2.78. The molecule has 1 aromatic heterocycles. The molecule has 1 N–H and O–H groups in total. The zero-order valence-corrected chi connectivity index (χ0v) is 10.3. The normalized spacial score (nSPS) is 10.0. The van der Waals surface area contributed by atoms with E-state index in [1.165, 1.54) is 0 Å². The number of nitriles is 1. The summed E-state index contributed by atoms with van der Waals surface area (Å²) in [6, 6.07) is 2.12. The second-order valence-electron chi connectivity index (χ2n) is 3.94. The summed E-state index contributed by atoms with van der Waals surface area (Å²) in [4.78, 5) is 12.3. The molecule has 0 unspecified atom stereocenters. The van der Waals surface area contributed by atoms with E-state index in [0.717, 1.165) is 5.82 Å². The highest BCUT2D eigenvalue weighted by atomic mass is 16.4. The molecule has 6 heteroatoms. The zero-order valence-electron chi connectivity index (χ0n) is 10.3. The number of hydrogen-bond donors (Lipinski definition) is 1. The van der Waals surface area contributed by atoms with Gasteiger partial charge in [-0.25, -0.2) is 0 Å². The second kappa shape index (κ2) is 5.34.